The minimum Gasteiger partial charge on any atom is -0.481 e. The Hall–Kier alpha value is -1.30. The molecule has 2 amide bonds. The van der Waals surface area contributed by atoms with Gasteiger partial charge in [0.25, 0.3) is 0 Å². The fourth-order valence-corrected chi connectivity index (χ4v) is 2.96. The Bertz CT molecular complexity index is 371. The number of hydrogen-bond donors (Lipinski definition) is 2. The van der Waals surface area contributed by atoms with Crippen molar-refractivity contribution in [3.05, 3.63) is 0 Å². The van der Waals surface area contributed by atoms with Gasteiger partial charge in [-0.05, 0) is 45.1 Å². The van der Waals surface area contributed by atoms with Crippen LogP contribution in [-0.4, -0.2) is 66.2 Å². The zero-order valence-electron chi connectivity index (χ0n) is 12.9. The summed E-state index contributed by atoms with van der Waals surface area (Å²) in [5.41, 5.74) is 0. The summed E-state index contributed by atoms with van der Waals surface area (Å²) in [6.07, 6.45) is 5.43. The van der Waals surface area contributed by atoms with E-state index in [1.807, 2.05) is 4.90 Å². The van der Waals surface area contributed by atoms with Gasteiger partial charge in [-0.15, -0.1) is 0 Å². The van der Waals surface area contributed by atoms with E-state index in [2.05, 4.69) is 17.3 Å². The van der Waals surface area contributed by atoms with Crippen molar-refractivity contribution in [1.29, 1.82) is 0 Å². The van der Waals surface area contributed by atoms with Crippen molar-refractivity contribution in [2.45, 2.75) is 44.6 Å². The van der Waals surface area contributed by atoms with Crippen LogP contribution >= 0.6 is 0 Å². The lowest BCUT2D eigenvalue weighted by atomic mass is 9.93. The van der Waals surface area contributed by atoms with Gasteiger partial charge in [0.15, 0.2) is 0 Å². The van der Waals surface area contributed by atoms with Gasteiger partial charge >= 0.3 is 12.0 Å². The average molecular weight is 297 g/mol. The number of nitrogens with one attached hydrogen (secondary N) is 1. The molecule has 0 aromatic heterocycles. The molecule has 0 spiro atoms. The molecule has 6 heteroatoms. The van der Waals surface area contributed by atoms with Gasteiger partial charge in [-0.1, -0.05) is 0 Å². The quantitative estimate of drug-likeness (QED) is 0.744. The van der Waals surface area contributed by atoms with Crippen LogP contribution < -0.4 is 5.32 Å². The number of carbonyl (C=O) groups excluding carboxylic acids is 1. The van der Waals surface area contributed by atoms with E-state index in [0.29, 0.717) is 25.4 Å². The molecule has 0 aromatic carbocycles. The smallest absolute Gasteiger partial charge is 0.317 e. The van der Waals surface area contributed by atoms with Crippen LogP contribution in [0.15, 0.2) is 0 Å². The van der Waals surface area contributed by atoms with Gasteiger partial charge in [-0.3, -0.25) is 4.79 Å². The monoisotopic (exact) mass is 297 g/mol. The third kappa shape index (κ3) is 5.53. The van der Waals surface area contributed by atoms with Gasteiger partial charge < -0.3 is 20.2 Å². The van der Waals surface area contributed by atoms with Crippen LogP contribution in [0.25, 0.3) is 0 Å². The maximum atomic E-state index is 12.1. The summed E-state index contributed by atoms with van der Waals surface area (Å²) < 4.78 is 0. The summed E-state index contributed by atoms with van der Waals surface area (Å²) in [5.74, 6) is -0.422. The average Bonchev–Trinajstić information content (AvgIpc) is 3.30. The first-order valence-electron chi connectivity index (χ1n) is 8.01. The van der Waals surface area contributed by atoms with Crippen LogP contribution in [0.4, 0.5) is 4.79 Å². The minimum atomic E-state index is -0.750. The number of carbonyl (C=O) groups is 2. The Morgan fingerprint density at radius 1 is 1.33 bits per heavy atom. The van der Waals surface area contributed by atoms with E-state index in [1.54, 1.807) is 0 Å². The number of urea groups is 1. The highest BCUT2D eigenvalue weighted by Crippen LogP contribution is 2.24. The number of likely N-dealkylation sites (tertiary alicyclic amines) is 1. The predicted octanol–water partition coefficient (Wildman–Crippen LogP) is 1.37. The zero-order valence-corrected chi connectivity index (χ0v) is 12.9. The second-order valence-electron chi connectivity index (χ2n) is 6.33. The molecule has 0 bridgehead atoms. The van der Waals surface area contributed by atoms with E-state index in [9.17, 15) is 9.59 Å². The Morgan fingerprint density at radius 3 is 2.76 bits per heavy atom. The maximum absolute atomic E-state index is 12.1. The molecule has 1 unspecified atom stereocenters. The molecule has 2 N–H and O–H groups in total. The van der Waals surface area contributed by atoms with E-state index < -0.39 is 5.97 Å². The molecule has 2 fully saturated rings. The molecule has 120 valence electrons. The number of carboxylic acids is 1. The molecule has 1 saturated heterocycles. The first-order chi connectivity index (χ1) is 10.1. The van der Waals surface area contributed by atoms with Crippen molar-refractivity contribution in [2.75, 3.05) is 33.2 Å². The molecular weight excluding hydrogens is 270 g/mol. The molecule has 2 rings (SSSR count). The molecule has 1 saturated carbocycles. The molecule has 6 nitrogen and oxygen atoms in total. The zero-order chi connectivity index (χ0) is 15.2. The molecule has 1 aliphatic carbocycles. The van der Waals surface area contributed by atoms with Gasteiger partial charge in [-0.25, -0.2) is 4.79 Å². The third-order valence-corrected chi connectivity index (χ3v) is 4.48. The van der Waals surface area contributed by atoms with E-state index in [1.165, 1.54) is 12.8 Å². The largest absolute Gasteiger partial charge is 0.481 e. The number of likely N-dealkylation sites (N-methyl/N-ethyl adjacent to an activating group) is 1. The van der Waals surface area contributed by atoms with Crippen LogP contribution in [0.3, 0.4) is 0 Å². The summed E-state index contributed by atoms with van der Waals surface area (Å²) in [4.78, 5) is 26.9. The maximum Gasteiger partial charge on any atom is 0.317 e. The molecule has 1 atom stereocenters. The van der Waals surface area contributed by atoms with Crippen LogP contribution in [0.1, 0.15) is 38.5 Å². The number of hydrogen-bond acceptors (Lipinski definition) is 3. The van der Waals surface area contributed by atoms with Gasteiger partial charge in [0.1, 0.15) is 0 Å². The van der Waals surface area contributed by atoms with E-state index in [0.717, 1.165) is 32.0 Å². The number of nitrogens with zero attached hydrogens (tertiary/aromatic N) is 2. The lowest BCUT2D eigenvalue weighted by Gasteiger charge is -2.32. The SMILES string of the molecule is CN(CCNC(=O)N1CCCC(CCC(=O)O)C1)C1CC1. The number of carboxylic acid groups (broad SMARTS) is 1. The minimum absolute atomic E-state index is 0.000720. The number of piperidine rings is 1. The standard InChI is InChI=1S/C15H27N3O3/c1-17(13-5-6-13)10-8-16-15(21)18-9-2-3-12(11-18)4-7-14(19)20/h12-13H,2-11H2,1H3,(H,16,21)(H,19,20). The Morgan fingerprint density at radius 2 is 2.10 bits per heavy atom. The highest BCUT2D eigenvalue weighted by molar-refractivity contribution is 5.74. The fourth-order valence-electron chi connectivity index (χ4n) is 2.96. The summed E-state index contributed by atoms with van der Waals surface area (Å²) in [7, 11) is 2.10. The van der Waals surface area contributed by atoms with Crippen LogP contribution in [-0.2, 0) is 4.79 Å². The lowest BCUT2D eigenvalue weighted by molar-refractivity contribution is -0.137. The number of rotatable bonds is 7. The third-order valence-electron chi connectivity index (χ3n) is 4.48. The molecule has 1 aliphatic heterocycles. The lowest BCUT2D eigenvalue weighted by Crippen LogP contribution is -2.47. The molecular formula is C15H27N3O3. The fraction of sp³-hybridized carbons (Fsp3) is 0.867. The Labute approximate surface area is 126 Å². The van der Waals surface area contributed by atoms with E-state index in [4.69, 9.17) is 5.11 Å². The number of aliphatic carboxylic acids is 1. The van der Waals surface area contributed by atoms with Crippen LogP contribution in [0, 0.1) is 5.92 Å². The van der Waals surface area contributed by atoms with Crippen molar-refractivity contribution in [2.24, 2.45) is 5.92 Å². The predicted molar refractivity (Wildman–Crippen MR) is 80.2 cm³/mol. The Kier molecular flexibility index (Phi) is 5.85. The second-order valence-corrected chi connectivity index (χ2v) is 6.33. The highest BCUT2D eigenvalue weighted by Gasteiger charge is 2.26. The van der Waals surface area contributed by atoms with Gasteiger partial charge in [0.2, 0.25) is 0 Å². The van der Waals surface area contributed by atoms with Gasteiger partial charge in [0, 0.05) is 38.6 Å². The van der Waals surface area contributed by atoms with Crippen molar-refractivity contribution in [1.82, 2.24) is 15.1 Å². The van der Waals surface area contributed by atoms with Crippen LogP contribution in [0.5, 0.6) is 0 Å². The summed E-state index contributed by atoms with van der Waals surface area (Å²) in [6, 6.07) is 0.719. The van der Waals surface area contributed by atoms with E-state index in [-0.39, 0.29) is 12.5 Å². The van der Waals surface area contributed by atoms with Crippen molar-refractivity contribution in [3.8, 4) is 0 Å². The summed E-state index contributed by atoms with van der Waals surface area (Å²) in [5, 5.41) is 11.7. The van der Waals surface area contributed by atoms with Gasteiger partial charge in [0.05, 0.1) is 0 Å². The molecule has 2 aliphatic rings. The molecule has 0 radical (unpaired) electrons. The Balaban J connectivity index is 1.64. The first-order valence-corrected chi connectivity index (χ1v) is 8.01. The van der Waals surface area contributed by atoms with Crippen molar-refractivity contribution in [3.63, 3.8) is 0 Å². The van der Waals surface area contributed by atoms with E-state index >= 15 is 0 Å². The first kappa shape index (κ1) is 16.1. The molecule has 1 heterocycles. The highest BCUT2D eigenvalue weighted by atomic mass is 16.4. The topological polar surface area (TPSA) is 72.9 Å². The second kappa shape index (κ2) is 7.64. The van der Waals surface area contributed by atoms with Crippen molar-refractivity contribution < 1.29 is 14.7 Å². The molecule has 0 aromatic rings. The molecule has 21 heavy (non-hydrogen) atoms. The van der Waals surface area contributed by atoms with Gasteiger partial charge in [-0.2, -0.15) is 0 Å². The summed E-state index contributed by atoms with van der Waals surface area (Å²) in [6.45, 7) is 3.06. The number of amides is 2. The normalized spacial score (nSPS) is 22.4. The van der Waals surface area contributed by atoms with Crippen LogP contribution in [0.2, 0.25) is 0 Å². The summed E-state index contributed by atoms with van der Waals surface area (Å²) >= 11 is 0. The van der Waals surface area contributed by atoms with Crippen molar-refractivity contribution >= 4 is 12.0 Å².